The minimum absolute atomic E-state index is 0.291. The molecule has 0 aliphatic carbocycles. The molecule has 1 unspecified atom stereocenters. The van der Waals surface area contributed by atoms with Gasteiger partial charge in [-0.1, -0.05) is 0 Å². The molecule has 0 amide bonds. The second-order valence-electron chi connectivity index (χ2n) is 4.60. The third-order valence-electron chi connectivity index (χ3n) is 3.47. The lowest BCUT2D eigenvalue weighted by atomic mass is 10.1. The van der Waals surface area contributed by atoms with Crippen molar-refractivity contribution in [3.8, 4) is 12.1 Å². The molecule has 0 bridgehead atoms. The van der Waals surface area contributed by atoms with Gasteiger partial charge in [-0.2, -0.15) is 10.5 Å². The van der Waals surface area contributed by atoms with E-state index in [0.29, 0.717) is 18.0 Å². The van der Waals surface area contributed by atoms with Crippen molar-refractivity contribution in [1.82, 2.24) is 4.90 Å². The summed E-state index contributed by atoms with van der Waals surface area (Å²) in [5.41, 5.74) is 1.81. The highest BCUT2D eigenvalue weighted by Crippen LogP contribution is 2.20. The van der Waals surface area contributed by atoms with Crippen LogP contribution in [-0.2, 0) is 0 Å². The number of piperazine rings is 1. The topological polar surface area (TPSA) is 54.1 Å². The first-order chi connectivity index (χ1) is 8.74. The molecule has 0 radical (unpaired) electrons. The smallest absolute Gasteiger partial charge is 0.0991 e. The number of nitriles is 2. The lowest BCUT2D eigenvalue weighted by Crippen LogP contribution is -2.51. The highest BCUT2D eigenvalue weighted by Gasteiger charge is 2.24. The van der Waals surface area contributed by atoms with Gasteiger partial charge in [0.1, 0.15) is 0 Å². The third kappa shape index (κ3) is 2.61. The number of benzene rings is 1. The summed E-state index contributed by atoms with van der Waals surface area (Å²) in [6.07, 6.45) is 0.559. The molecule has 2 rings (SSSR count). The van der Waals surface area contributed by atoms with Gasteiger partial charge in [0.2, 0.25) is 0 Å². The van der Waals surface area contributed by atoms with Crippen molar-refractivity contribution in [3.63, 3.8) is 0 Å². The van der Waals surface area contributed by atoms with E-state index in [1.807, 2.05) is 24.3 Å². The molecule has 1 aliphatic rings. The van der Waals surface area contributed by atoms with Crippen LogP contribution in [0, 0.1) is 22.7 Å². The second-order valence-corrected chi connectivity index (χ2v) is 4.60. The molecule has 4 heteroatoms. The van der Waals surface area contributed by atoms with Crippen LogP contribution in [0.25, 0.3) is 0 Å². The van der Waals surface area contributed by atoms with Crippen molar-refractivity contribution in [2.24, 2.45) is 0 Å². The highest BCUT2D eigenvalue weighted by atomic mass is 15.3. The Balaban J connectivity index is 2.09. The number of hydrogen-bond donors (Lipinski definition) is 0. The van der Waals surface area contributed by atoms with Gasteiger partial charge in [-0.3, -0.25) is 4.90 Å². The molecule has 0 saturated carbocycles. The summed E-state index contributed by atoms with van der Waals surface area (Å²) >= 11 is 0. The van der Waals surface area contributed by atoms with Crippen LogP contribution < -0.4 is 4.90 Å². The van der Waals surface area contributed by atoms with Crippen LogP contribution in [0.1, 0.15) is 12.0 Å². The van der Waals surface area contributed by atoms with E-state index in [9.17, 15) is 0 Å². The molecule has 1 saturated heterocycles. The van der Waals surface area contributed by atoms with Crippen LogP contribution in [0.3, 0.4) is 0 Å². The van der Waals surface area contributed by atoms with E-state index >= 15 is 0 Å². The van der Waals surface area contributed by atoms with Gasteiger partial charge < -0.3 is 4.90 Å². The van der Waals surface area contributed by atoms with Gasteiger partial charge in [-0.25, -0.2) is 0 Å². The van der Waals surface area contributed by atoms with Crippen molar-refractivity contribution in [2.45, 2.75) is 12.5 Å². The van der Waals surface area contributed by atoms with E-state index in [-0.39, 0.29) is 0 Å². The minimum atomic E-state index is 0.291. The van der Waals surface area contributed by atoms with Gasteiger partial charge in [0.05, 0.1) is 24.1 Å². The Morgan fingerprint density at radius 3 is 2.56 bits per heavy atom. The number of hydrogen-bond acceptors (Lipinski definition) is 4. The van der Waals surface area contributed by atoms with E-state index in [0.717, 1.165) is 25.3 Å². The van der Waals surface area contributed by atoms with Crippen molar-refractivity contribution in [1.29, 1.82) is 10.5 Å². The van der Waals surface area contributed by atoms with Gasteiger partial charge >= 0.3 is 0 Å². The van der Waals surface area contributed by atoms with Crippen molar-refractivity contribution in [2.75, 3.05) is 31.6 Å². The second kappa shape index (κ2) is 5.53. The first-order valence-electron chi connectivity index (χ1n) is 6.07. The van der Waals surface area contributed by atoms with E-state index in [4.69, 9.17) is 10.5 Å². The Kier molecular flexibility index (Phi) is 3.82. The summed E-state index contributed by atoms with van der Waals surface area (Å²) in [6.45, 7) is 2.80. The van der Waals surface area contributed by atoms with Gasteiger partial charge in [-0.05, 0) is 31.3 Å². The highest BCUT2D eigenvalue weighted by molar-refractivity contribution is 5.50. The largest absolute Gasteiger partial charge is 0.369 e. The molecule has 92 valence electrons. The first kappa shape index (κ1) is 12.4. The normalized spacial score (nSPS) is 20.2. The summed E-state index contributed by atoms with van der Waals surface area (Å²) in [7, 11) is 2.07. The molecule has 4 nitrogen and oxygen atoms in total. The van der Waals surface area contributed by atoms with Crippen LogP contribution >= 0.6 is 0 Å². The fraction of sp³-hybridized carbons (Fsp3) is 0.429. The predicted octanol–water partition coefficient (Wildman–Crippen LogP) is 1.59. The molecular weight excluding hydrogens is 224 g/mol. The summed E-state index contributed by atoms with van der Waals surface area (Å²) in [5, 5.41) is 17.6. The van der Waals surface area contributed by atoms with Crippen LogP contribution in [0.2, 0.25) is 0 Å². The third-order valence-corrected chi connectivity index (χ3v) is 3.47. The molecule has 0 aromatic heterocycles. The summed E-state index contributed by atoms with van der Waals surface area (Å²) < 4.78 is 0. The zero-order valence-electron chi connectivity index (χ0n) is 10.5. The van der Waals surface area contributed by atoms with E-state index in [1.165, 1.54) is 0 Å². The van der Waals surface area contributed by atoms with Crippen molar-refractivity contribution in [3.05, 3.63) is 29.8 Å². The Morgan fingerprint density at radius 1 is 1.22 bits per heavy atom. The van der Waals surface area contributed by atoms with E-state index < -0.39 is 0 Å². The predicted molar refractivity (Wildman–Crippen MR) is 70.0 cm³/mol. The van der Waals surface area contributed by atoms with Crippen LogP contribution in [0.15, 0.2) is 24.3 Å². The van der Waals surface area contributed by atoms with E-state index in [2.05, 4.69) is 29.0 Å². The molecule has 1 heterocycles. The Labute approximate surface area is 108 Å². The maximum atomic E-state index is 8.83. The maximum Gasteiger partial charge on any atom is 0.0991 e. The Hall–Kier alpha value is -2.04. The molecule has 0 spiro atoms. The first-order valence-corrected chi connectivity index (χ1v) is 6.07. The molecule has 18 heavy (non-hydrogen) atoms. The molecule has 0 N–H and O–H groups in total. The molecule has 1 aromatic carbocycles. The number of nitrogens with zero attached hydrogens (tertiary/aromatic N) is 4. The lowest BCUT2D eigenvalue weighted by Gasteiger charge is -2.39. The van der Waals surface area contributed by atoms with Crippen molar-refractivity contribution < 1.29 is 0 Å². The zero-order valence-corrected chi connectivity index (χ0v) is 10.5. The van der Waals surface area contributed by atoms with Gasteiger partial charge in [0.15, 0.2) is 0 Å². The fourth-order valence-electron chi connectivity index (χ4n) is 2.25. The average Bonchev–Trinajstić information content (AvgIpc) is 2.42. The Bertz CT molecular complexity index is 480. The SMILES string of the molecule is CN1CCN(c2ccc(C#N)cc2)CC1CC#N. The molecule has 1 atom stereocenters. The van der Waals surface area contributed by atoms with Gasteiger partial charge in [0, 0.05) is 31.4 Å². The number of anilines is 1. The number of rotatable bonds is 2. The minimum Gasteiger partial charge on any atom is -0.369 e. The van der Waals surface area contributed by atoms with Crippen LogP contribution in [0.4, 0.5) is 5.69 Å². The maximum absolute atomic E-state index is 8.83. The summed E-state index contributed by atoms with van der Waals surface area (Å²) in [5.74, 6) is 0. The summed E-state index contributed by atoms with van der Waals surface area (Å²) in [6, 6.07) is 12.3. The lowest BCUT2D eigenvalue weighted by molar-refractivity contribution is 0.221. The number of likely N-dealkylation sites (N-methyl/N-ethyl adjacent to an activating group) is 1. The Morgan fingerprint density at radius 2 is 1.94 bits per heavy atom. The average molecular weight is 240 g/mol. The van der Waals surface area contributed by atoms with Gasteiger partial charge in [0.25, 0.3) is 0 Å². The zero-order chi connectivity index (χ0) is 13.0. The van der Waals surface area contributed by atoms with Gasteiger partial charge in [-0.15, -0.1) is 0 Å². The monoisotopic (exact) mass is 240 g/mol. The fourth-order valence-corrected chi connectivity index (χ4v) is 2.25. The van der Waals surface area contributed by atoms with Crippen molar-refractivity contribution >= 4 is 5.69 Å². The standard InChI is InChI=1S/C14H16N4/c1-17-8-9-18(11-14(17)6-7-15)13-4-2-12(10-16)3-5-13/h2-5,14H,6,8-9,11H2,1H3. The molecular formula is C14H16N4. The quantitative estimate of drug-likeness (QED) is 0.787. The van der Waals surface area contributed by atoms with Crippen LogP contribution in [0.5, 0.6) is 0 Å². The molecule has 1 aliphatic heterocycles. The molecule has 1 fully saturated rings. The summed E-state index contributed by atoms with van der Waals surface area (Å²) in [4.78, 5) is 4.52. The molecule has 1 aromatic rings. The van der Waals surface area contributed by atoms with Crippen LogP contribution in [-0.4, -0.2) is 37.6 Å². The van der Waals surface area contributed by atoms with E-state index in [1.54, 1.807) is 0 Å².